The van der Waals surface area contributed by atoms with Gasteiger partial charge in [-0.15, -0.1) is 13.2 Å². The molecule has 118 valence electrons. The molecule has 3 nitrogen and oxygen atoms in total. The van der Waals surface area contributed by atoms with Crippen molar-refractivity contribution in [1.29, 1.82) is 0 Å². The number of aromatic hydroxyl groups is 1. The SMILES string of the molecule is Oc1cc(C(F)(F)F)cnc1-c1ccccc1OC(F)(F)F. The molecule has 0 saturated carbocycles. The van der Waals surface area contributed by atoms with Crippen molar-refractivity contribution in [3.8, 4) is 22.8 Å². The van der Waals surface area contributed by atoms with E-state index in [0.29, 0.717) is 12.3 Å². The van der Waals surface area contributed by atoms with Gasteiger partial charge in [-0.2, -0.15) is 13.2 Å². The number of pyridine rings is 1. The number of aromatic nitrogens is 1. The molecule has 0 bridgehead atoms. The standard InChI is InChI=1S/C13H7F6NO2/c14-12(15,16)7-5-9(21)11(20-6-7)8-3-1-2-4-10(8)22-13(17,18)19/h1-6,21H. The predicted molar refractivity (Wildman–Crippen MR) is 63.0 cm³/mol. The first kappa shape index (κ1) is 15.9. The van der Waals surface area contributed by atoms with E-state index in [-0.39, 0.29) is 5.56 Å². The Morgan fingerprint density at radius 1 is 1.00 bits per heavy atom. The molecule has 0 spiro atoms. The third-order valence-corrected chi connectivity index (χ3v) is 2.56. The molecule has 0 saturated heterocycles. The molecule has 1 aromatic carbocycles. The highest BCUT2D eigenvalue weighted by molar-refractivity contribution is 5.72. The number of benzene rings is 1. The number of ether oxygens (including phenoxy) is 1. The van der Waals surface area contributed by atoms with Gasteiger partial charge in [0.25, 0.3) is 0 Å². The number of rotatable bonds is 2. The molecule has 0 unspecified atom stereocenters. The normalized spacial score (nSPS) is 12.3. The fourth-order valence-electron chi connectivity index (χ4n) is 1.69. The number of para-hydroxylation sites is 1. The van der Waals surface area contributed by atoms with Crippen LogP contribution in [0.2, 0.25) is 0 Å². The molecule has 0 aliphatic carbocycles. The van der Waals surface area contributed by atoms with E-state index in [1.165, 1.54) is 12.1 Å². The van der Waals surface area contributed by atoms with Gasteiger partial charge in [-0.3, -0.25) is 4.98 Å². The Bertz CT molecular complexity index is 681. The molecule has 9 heteroatoms. The highest BCUT2D eigenvalue weighted by atomic mass is 19.4. The number of hydrogen-bond donors (Lipinski definition) is 1. The highest BCUT2D eigenvalue weighted by Crippen LogP contribution is 2.39. The lowest BCUT2D eigenvalue weighted by molar-refractivity contribution is -0.274. The van der Waals surface area contributed by atoms with Crippen molar-refractivity contribution in [2.75, 3.05) is 0 Å². The Morgan fingerprint density at radius 3 is 2.18 bits per heavy atom. The third kappa shape index (κ3) is 3.60. The van der Waals surface area contributed by atoms with Crippen LogP contribution in [0.1, 0.15) is 5.56 Å². The fourth-order valence-corrected chi connectivity index (χ4v) is 1.69. The fraction of sp³-hybridized carbons (Fsp3) is 0.154. The molecule has 2 rings (SSSR count). The summed E-state index contributed by atoms with van der Waals surface area (Å²) in [6.45, 7) is 0. The minimum Gasteiger partial charge on any atom is -0.506 e. The molecule has 0 radical (unpaired) electrons. The molecule has 1 heterocycles. The maximum Gasteiger partial charge on any atom is 0.573 e. The topological polar surface area (TPSA) is 42.4 Å². The van der Waals surface area contributed by atoms with Crippen LogP contribution in [0.4, 0.5) is 26.3 Å². The van der Waals surface area contributed by atoms with Gasteiger partial charge in [0.1, 0.15) is 17.2 Å². The first-order chi connectivity index (χ1) is 10.1. The van der Waals surface area contributed by atoms with Gasteiger partial charge in [0.05, 0.1) is 5.56 Å². The summed E-state index contributed by atoms with van der Waals surface area (Å²) >= 11 is 0. The summed E-state index contributed by atoms with van der Waals surface area (Å²) in [5.41, 5.74) is -1.96. The van der Waals surface area contributed by atoms with Crippen molar-refractivity contribution in [1.82, 2.24) is 4.98 Å². The summed E-state index contributed by atoms with van der Waals surface area (Å²) in [7, 11) is 0. The van der Waals surface area contributed by atoms with Crippen LogP contribution >= 0.6 is 0 Å². The molecule has 0 aliphatic rings. The monoisotopic (exact) mass is 323 g/mol. The van der Waals surface area contributed by atoms with Crippen LogP contribution in [0.25, 0.3) is 11.3 Å². The summed E-state index contributed by atoms with van der Waals surface area (Å²) in [5, 5.41) is 9.63. The maximum atomic E-state index is 12.5. The number of hydrogen-bond acceptors (Lipinski definition) is 3. The lowest BCUT2D eigenvalue weighted by Gasteiger charge is -2.14. The predicted octanol–water partition coefficient (Wildman–Crippen LogP) is 4.37. The smallest absolute Gasteiger partial charge is 0.506 e. The number of halogens is 6. The van der Waals surface area contributed by atoms with Crippen molar-refractivity contribution in [2.45, 2.75) is 12.5 Å². The zero-order valence-electron chi connectivity index (χ0n) is 10.5. The lowest BCUT2D eigenvalue weighted by atomic mass is 10.1. The number of alkyl halides is 6. The summed E-state index contributed by atoms with van der Waals surface area (Å²) in [6.07, 6.45) is -9.30. The lowest BCUT2D eigenvalue weighted by Crippen LogP contribution is -2.17. The summed E-state index contributed by atoms with van der Waals surface area (Å²) in [4.78, 5) is 3.39. The first-order valence-electron chi connectivity index (χ1n) is 5.69. The van der Waals surface area contributed by atoms with Crippen LogP contribution in [-0.4, -0.2) is 16.5 Å². The Kier molecular flexibility index (Phi) is 3.90. The van der Waals surface area contributed by atoms with Gasteiger partial charge in [-0.25, -0.2) is 0 Å². The minimum absolute atomic E-state index is 0.286. The van der Waals surface area contributed by atoms with Crippen molar-refractivity contribution >= 4 is 0 Å². The molecule has 0 fully saturated rings. The van der Waals surface area contributed by atoms with Crippen molar-refractivity contribution < 1.29 is 36.2 Å². The largest absolute Gasteiger partial charge is 0.573 e. The van der Waals surface area contributed by atoms with Gasteiger partial charge in [0.2, 0.25) is 0 Å². The van der Waals surface area contributed by atoms with E-state index in [2.05, 4.69) is 9.72 Å². The van der Waals surface area contributed by atoms with Crippen molar-refractivity contribution in [3.05, 3.63) is 42.1 Å². The van der Waals surface area contributed by atoms with E-state index in [0.717, 1.165) is 12.1 Å². The van der Waals surface area contributed by atoms with Gasteiger partial charge in [-0.05, 0) is 18.2 Å². The van der Waals surface area contributed by atoms with Gasteiger partial charge in [-0.1, -0.05) is 12.1 Å². The first-order valence-corrected chi connectivity index (χ1v) is 5.69. The van der Waals surface area contributed by atoms with Crippen LogP contribution in [0.15, 0.2) is 36.5 Å². The Hall–Kier alpha value is -2.45. The van der Waals surface area contributed by atoms with Gasteiger partial charge >= 0.3 is 12.5 Å². The van der Waals surface area contributed by atoms with E-state index in [9.17, 15) is 31.4 Å². The second kappa shape index (κ2) is 5.39. The summed E-state index contributed by atoms with van der Waals surface area (Å²) in [5.74, 6) is -1.59. The Balaban J connectivity index is 2.49. The minimum atomic E-state index is -4.99. The summed E-state index contributed by atoms with van der Waals surface area (Å²) in [6, 6.07) is 5.05. The van der Waals surface area contributed by atoms with E-state index < -0.39 is 35.3 Å². The molecule has 0 aliphatic heterocycles. The van der Waals surface area contributed by atoms with Gasteiger partial charge < -0.3 is 9.84 Å². The zero-order chi connectivity index (χ0) is 16.5. The molecule has 0 atom stereocenters. The van der Waals surface area contributed by atoms with Crippen molar-refractivity contribution in [2.24, 2.45) is 0 Å². The van der Waals surface area contributed by atoms with E-state index in [4.69, 9.17) is 0 Å². The second-order valence-corrected chi connectivity index (χ2v) is 4.13. The van der Waals surface area contributed by atoms with E-state index >= 15 is 0 Å². The maximum absolute atomic E-state index is 12.5. The van der Waals surface area contributed by atoms with E-state index in [1.807, 2.05) is 0 Å². The molecule has 22 heavy (non-hydrogen) atoms. The van der Waals surface area contributed by atoms with Crippen LogP contribution in [0.3, 0.4) is 0 Å². The second-order valence-electron chi connectivity index (χ2n) is 4.13. The average Bonchev–Trinajstić information content (AvgIpc) is 2.37. The molecule has 1 aromatic heterocycles. The summed E-state index contributed by atoms with van der Waals surface area (Å²) < 4.78 is 78.1. The van der Waals surface area contributed by atoms with Gasteiger partial charge in [0, 0.05) is 11.8 Å². The Morgan fingerprint density at radius 2 is 1.64 bits per heavy atom. The quantitative estimate of drug-likeness (QED) is 0.835. The zero-order valence-corrected chi connectivity index (χ0v) is 10.5. The Labute approximate surface area is 119 Å². The molecular formula is C13H7F6NO2. The van der Waals surface area contributed by atoms with Crippen LogP contribution in [0.5, 0.6) is 11.5 Å². The van der Waals surface area contributed by atoms with E-state index in [1.54, 1.807) is 0 Å². The average molecular weight is 323 g/mol. The molecular weight excluding hydrogens is 316 g/mol. The third-order valence-electron chi connectivity index (χ3n) is 2.56. The van der Waals surface area contributed by atoms with Crippen LogP contribution < -0.4 is 4.74 Å². The van der Waals surface area contributed by atoms with Crippen LogP contribution in [0, 0.1) is 0 Å². The highest BCUT2D eigenvalue weighted by Gasteiger charge is 2.34. The van der Waals surface area contributed by atoms with Gasteiger partial charge in [0.15, 0.2) is 0 Å². The molecule has 1 N–H and O–H groups in total. The molecule has 0 amide bonds. The van der Waals surface area contributed by atoms with Crippen LogP contribution in [-0.2, 0) is 6.18 Å². The van der Waals surface area contributed by atoms with Crippen molar-refractivity contribution in [3.63, 3.8) is 0 Å². The molecule has 2 aromatic rings. The number of nitrogens with zero attached hydrogens (tertiary/aromatic N) is 1.